The maximum atomic E-state index is 14.1. The van der Waals surface area contributed by atoms with Crippen molar-refractivity contribution in [2.75, 3.05) is 7.11 Å². The third-order valence-corrected chi connectivity index (χ3v) is 12.2. The molecule has 0 aromatic heterocycles. The molecule has 0 aromatic carbocycles. The van der Waals surface area contributed by atoms with E-state index >= 15 is 0 Å². The average molecular weight is 531 g/mol. The Kier molecular flexibility index (Phi) is 7.16. The Hall–Kier alpha value is -1.89. The first-order valence-electron chi connectivity index (χ1n) is 14.3. The van der Waals surface area contributed by atoms with Gasteiger partial charge in [0.25, 0.3) is 0 Å². The number of ketones is 4. The molecule has 0 amide bonds. The van der Waals surface area contributed by atoms with Crippen LogP contribution >= 0.6 is 0 Å². The van der Waals surface area contributed by atoms with Crippen molar-refractivity contribution in [2.45, 2.75) is 99.5 Å². The van der Waals surface area contributed by atoms with Crippen LogP contribution in [0, 0.1) is 57.2 Å². The number of aliphatic hydroxyl groups excluding tert-OH is 1. The summed E-state index contributed by atoms with van der Waals surface area (Å²) in [5.74, 6) is -2.29. The quantitative estimate of drug-likeness (QED) is 0.507. The van der Waals surface area contributed by atoms with Gasteiger partial charge in [-0.3, -0.25) is 24.0 Å². The number of carbonyl (C=O) groups excluding carboxylic acids is 5. The van der Waals surface area contributed by atoms with Gasteiger partial charge in [0.1, 0.15) is 23.1 Å². The van der Waals surface area contributed by atoms with E-state index in [9.17, 15) is 29.1 Å². The lowest BCUT2D eigenvalue weighted by Crippen LogP contribution is -2.68. The van der Waals surface area contributed by atoms with E-state index in [0.29, 0.717) is 19.3 Å². The van der Waals surface area contributed by atoms with Crippen LogP contribution in [0.5, 0.6) is 0 Å². The van der Waals surface area contributed by atoms with Crippen LogP contribution in [0.15, 0.2) is 0 Å². The van der Waals surface area contributed by atoms with E-state index in [1.54, 1.807) is 6.92 Å². The third kappa shape index (κ3) is 3.88. The molecule has 4 saturated carbocycles. The second kappa shape index (κ2) is 9.35. The lowest BCUT2D eigenvalue weighted by atomic mass is 9.37. The first-order valence-corrected chi connectivity index (χ1v) is 14.3. The molecule has 1 N–H and O–H groups in total. The van der Waals surface area contributed by atoms with Crippen molar-refractivity contribution < 1.29 is 33.8 Å². The van der Waals surface area contributed by atoms with Crippen LogP contribution in [-0.2, 0) is 28.7 Å². The summed E-state index contributed by atoms with van der Waals surface area (Å²) in [5, 5.41) is 11.7. The van der Waals surface area contributed by atoms with Crippen molar-refractivity contribution >= 4 is 29.1 Å². The summed E-state index contributed by atoms with van der Waals surface area (Å²) >= 11 is 0. The Morgan fingerprint density at radius 1 is 1.00 bits per heavy atom. The van der Waals surface area contributed by atoms with Crippen molar-refractivity contribution in [3.05, 3.63) is 0 Å². The maximum Gasteiger partial charge on any atom is 0.308 e. The molecular formula is C31H46O7. The predicted molar refractivity (Wildman–Crippen MR) is 141 cm³/mol. The lowest BCUT2D eigenvalue weighted by Gasteiger charge is -2.65. The van der Waals surface area contributed by atoms with Crippen LogP contribution in [-0.4, -0.2) is 47.4 Å². The minimum absolute atomic E-state index is 0.00245. The van der Waals surface area contributed by atoms with Gasteiger partial charge >= 0.3 is 5.97 Å². The van der Waals surface area contributed by atoms with Crippen LogP contribution in [0.4, 0.5) is 0 Å². The Balaban J connectivity index is 1.66. The molecule has 0 radical (unpaired) electrons. The molecule has 0 heterocycles. The van der Waals surface area contributed by atoms with Gasteiger partial charge in [0.15, 0.2) is 0 Å². The molecule has 1 unspecified atom stereocenters. The van der Waals surface area contributed by atoms with Crippen LogP contribution in [0.25, 0.3) is 0 Å². The normalized spacial score (nSPS) is 43.5. The molecule has 4 aliphatic rings. The second-order valence-corrected chi connectivity index (χ2v) is 14.4. The molecule has 0 spiro atoms. The number of fused-ring (bicyclic) bond motifs is 5. The van der Waals surface area contributed by atoms with E-state index in [1.165, 1.54) is 7.11 Å². The highest BCUT2D eigenvalue weighted by atomic mass is 16.5. The molecule has 4 aliphatic carbocycles. The topological polar surface area (TPSA) is 115 Å². The zero-order valence-electron chi connectivity index (χ0n) is 24.4. The number of hydrogen-bond acceptors (Lipinski definition) is 7. The van der Waals surface area contributed by atoms with E-state index < -0.39 is 51.5 Å². The number of hydrogen-bond donors (Lipinski definition) is 1. The van der Waals surface area contributed by atoms with Crippen LogP contribution in [0.2, 0.25) is 0 Å². The smallest absolute Gasteiger partial charge is 0.308 e. The number of carbonyl (C=O) groups is 5. The summed E-state index contributed by atoms with van der Waals surface area (Å²) in [6, 6.07) is 0. The van der Waals surface area contributed by atoms with Crippen LogP contribution in [0.3, 0.4) is 0 Å². The highest BCUT2D eigenvalue weighted by molar-refractivity contribution is 5.96. The first-order chi connectivity index (χ1) is 17.5. The monoisotopic (exact) mass is 530 g/mol. The lowest BCUT2D eigenvalue weighted by molar-refractivity contribution is -0.199. The van der Waals surface area contributed by atoms with E-state index in [-0.39, 0.29) is 66.6 Å². The van der Waals surface area contributed by atoms with E-state index in [2.05, 4.69) is 6.92 Å². The number of Topliss-reactive ketones (excluding diaryl/α,β-unsaturated/α-hetero) is 4. The second-order valence-electron chi connectivity index (χ2n) is 14.4. The van der Waals surface area contributed by atoms with Gasteiger partial charge in [0, 0.05) is 54.8 Å². The third-order valence-electron chi connectivity index (χ3n) is 12.2. The summed E-state index contributed by atoms with van der Waals surface area (Å²) in [6.07, 6.45) is 1.52. The van der Waals surface area contributed by atoms with E-state index in [1.807, 2.05) is 34.6 Å². The molecule has 0 aromatic rings. The first kappa shape index (κ1) is 29.1. The van der Waals surface area contributed by atoms with Crippen molar-refractivity contribution in [3.63, 3.8) is 0 Å². The highest BCUT2D eigenvalue weighted by Crippen LogP contribution is 2.73. The summed E-state index contributed by atoms with van der Waals surface area (Å²) < 4.78 is 4.76. The fraction of sp³-hybridized carbons (Fsp3) is 0.839. The number of rotatable bonds is 6. The number of methoxy groups -OCH3 is 1. The van der Waals surface area contributed by atoms with Gasteiger partial charge in [-0.2, -0.15) is 0 Å². The average Bonchev–Trinajstić information content (AvgIpc) is 3.03. The summed E-state index contributed by atoms with van der Waals surface area (Å²) in [4.78, 5) is 65.7. The number of aliphatic hydroxyl groups is 1. The Morgan fingerprint density at radius 3 is 2.24 bits per heavy atom. The van der Waals surface area contributed by atoms with Crippen molar-refractivity contribution in [1.82, 2.24) is 0 Å². The van der Waals surface area contributed by atoms with Gasteiger partial charge < -0.3 is 9.84 Å². The molecule has 0 aliphatic heterocycles. The number of esters is 1. The van der Waals surface area contributed by atoms with Crippen molar-refractivity contribution in [1.29, 1.82) is 0 Å². The van der Waals surface area contributed by atoms with Gasteiger partial charge in [-0.05, 0) is 41.4 Å². The van der Waals surface area contributed by atoms with Gasteiger partial charge in [0.05, 0.1) is 19.1 Å². The van der Waals surface area contributed by atoms with Gasteiger partial charge in [0.2, 0.25) is 0 Å². The minimum atomic E-state index is -0.802. The van der Waals surface area contributed by atoms with Crippen LogP contribution in [0.1, 0.15) is 93.4 Å². The zero-order chi connectivity index (χ0) is 28.6. The molecule has 0 bridgehead atoms. The molecule has 4 rings (SSSR count). The molecule has 212 valence electrons. The SMILES string of the molecule is COC(=O)C(C)CC(=O)C[C@@H](C)[C@H]1C[C@H](O)[C@@]2(C)[C@@H]3C(=O)C[C@H]4C(C)(C)C(=O)CC[C@]4(C)[C@H]3C(=O)C[C@]12C. The summed E-state index contributed by atoms with van der Waals surface area (Å²) in [5.41, 5.74) is -2.58. The molecule has 38 heavy (non-hydrogen) atoms. The summed E-state index contributed by atoms with van der Waals surface area (Å²) in [7, 11) is 1.31. The standard InChI is InChI=1S/C31H46O7/c1-16(11-18(32)12-17(2)27(37)38-8)19-13-24(36)31(7)26-20(33)14-22-28(3,4)23(35)9-10-29(22,5)25(26)21(34)15-30(19,31)6/h16-17,19,22,24-26,36H,9-15H2,1-8H3/t16-,17?,19-,22+,24+,25+,26-,29+,30-,31+/m1/s1. The Labute approximate surface area is 226 Å². The molecule has 10 atom stereocenters. The Morgan fingerprint density at radius 2 is 1.63 bits per heavy atom. The van der Waals surface area contributed by atoms with Crippen LogP contribution < -0.4 is 0 Å². The minimum Gasteiger partial charge on any atom is -0.469 e. The predicted octanol–water partition coefficient (Wildman–Crippen LogP) is 4.36. The fourth-order valence-electron chi connectivity index (χ4n) is 9.84. The molecule has 0 saturated heterocycles. The molecule has 7 heteroatoms. The van der Waals surface area contributed by atoms with E-state index in [4.69, 9.17) is 4.74 Å². The largest absolute Gasteiger partial charge is 0.469 e. The highest BCUT2D eigenvalue weighted by Gasteiger charge is 2.74. The molecule has 4 fully saturated rings. The zero-order valence-corrected chi connectivity index (χ0v) is 24.4. The van der Waals surface area contributed by atoms with Gasteiger partial charge in [-0.15, -0.1) is 0 Å². The van der Waals surface area contributed by atoms with E-state index in [0.717, 1.165) is 0 Å². The molecule has 7 nitrogen and oxygen atoms in total. The van der Waals surface area contributed by atoms with Gasteiger partial charge in [-0.25, -0.2) is 0 Å². The van der Waals surface area contributed by atoms with Crippen molar-refractivity contribution in [2.24, 2.45) is 57.2 Å². The molecular weight excluding hydrogens is 484 g/mol. The van der Waals surface area contributed by atoms with Gasteiger partial charge in [-0.1, -0.05) is 48.5 Å². The number of ether oxygens (including phenoxy) is 1. The fourth-order valence-corrected chi connectivity index (χ4v) is 9.84. The van der Waals surface area contributed by atoms with Crippen molar-refractivity contribution in [3.8, 4) is 0 Å². The summed E-state index contributed by atoms with van der Waals surface area (Å²) in [6.45, 7) is 13.6. The maximum absolute atomic E-state index is 14.1. The Bertz CT molecular complexity index is 1060.